The van der Waals surface area contributed by atoms with E-state index < -0.39 is 0 Å². The molecule has 3 aromatic rings. The number of nitrogens with two attached hydrogens (primary N) is 1. The van der Waals surface area contributed by atoms with Crippen molar-refractivity contribution in [2.45, 2.75) is 40.0 Å². The van der Waals surface area contributed by atoms with Gasteiger partial charge in [-0.3, -0.25) is 0 Å². The van der Waals surface area contributed by atoms with Gasteiger partial charge in [0.05, 0.1) is 12.3 Å². The molecule has 1 atom stereocenters. The first-order valence-electron chi connectivity index (χ1n) is 11.1. The lowest BCUT2D eigenvalue weighted by Gasteiger charge is -2.11. The van der Waals surface area contributed by atoms with Gasteiger partial charge in [0, 0.05) is 25.7 Å². The normalized spacial score (nSPS) is 11.2. The van der Waals surface area contributed by atoms with Gasteiger partial charge in [-0.05, 0) is 61.6 Å². The van der Waals surface area contributed by atoms with Crippen molar-refractivity contribution in [1.82, 2.24) is 4.98 Å². The molecule has 1 heterocycles. The molecule has 182 valence electrons. The van der Waals surface area contributed by atoms with E-state index in [2.05, 4.69) is 18.0 Å². The molecule has 0 fully saturated rings. The van der Waals surface area contributed by atoms with Crippen LogP contribution in [0.15, 0.2) is 53.1 Å². The standard InChI is InChI=1S/C24H28FNO3.C2H7N.BrH/c1-17-9-11-23(22(25)14-17)28-13-12-20-16-29-24(26-20)21-7-5-4-6-19(21)10-8-18(2)15-27-3;1-2-3;/h4-7,9,11,14,16,18H,8,10,12-13,15H2,1-3H3;2-3H2,1H3;1H. The fraction of sp³-hybridized carbons (Fsp3) is 0.423. The largest absolute Gasteiger partial charge is 0.490 e. The fourth-order valence-electron chi connectivity index (χ4n) is 3.25. The van der Waals surface area contributed by atoms with Crippen molar-refractivity contribution in [1.29, 1.82) is 0 Å². The first-order valence-corrected chi connectivity index (χ1v) is 11.1. The molecular formula is C26H36BrFN2O3. The van der Waals surface area contributed by atoms with Gasteiger partial charge in [-0.2, -0.15) is 0 Å². The molecule has 5 nitrogen and oxygen atoms in total. The van der Waals surface area contributed by atoms with E-state index in [1.54, 1.807) is 19.4 Å². The van der Waals surface area contributed by atoms with Crippen LogP contribution in [-0.2, 0) is 17.6 Å². The molecule has 2 N–H and O–H groups in total. The van der Waals surface area contributed by atoms with Crippen LogP contribution in [0.25, 0.3) is 11.5 Å². The van der Waals surface area contributed by atoms with Crippen molar-refractivity contribution < 1.29 is 18.3 Å². The van der Waals surface area contributed by atoms with Crippen molar-refractivity contribution in [3.05, 3.63) is 71.4 Å². The summed E-state index contributed by atoms with van der Waals surface area (Å²) in [6.45, 7) is 7.78. The summed E-state index contributed by atoms with van der Waals surface area (Å²) in [6, 6.07) is 13.1. The summed E-state index contributed by atoms with van der Waals surface area (Å²) in [6.07, 6.45) is 4.17. The Balaban J connectivity index is 0.00000129. The summed E-state index contributed by atoms with van der Waals surface area (Å²) in [5, 5.41) is 0. The second-order valence-electron chi connectivity index (χ2n) is 7.84. The predicted molar refractivity (Wildman–Crippen MR) is 137 cm³/mol. The van der Waals surface area contributed by atoms with E-state index in [1.165, 1.54) is 11.6 Å². The van der Waals surface area contributed by atoms with Gasteiger partial charge in [0.1, 0.15) is 6.26 Å². The number of benzene rings is 2. The predicted octanol–water partition coefficient (Wildman–Crippen LogP) is 6.17. The second-order valence-corrected chi connectivity index (χ2v) is 7.84. The lowest BCUT2D eigenvalue weighted by molar-refractivity contribution is 0.156. The maximum absolute atomic E-state index is 13.9. The Morgan fingerprint density at radius 2 is 1.88 bits per heavy atom. The minimum absolute atomic E-state index is 0. The molecule has 1 aromatic heterocycles. The molecule has 2 aromatic carbocycles. The summed E-state index contributed by atoms with van der Waals surface area (Å²) in [4.78, 5) is 4.61. The van der Waals surface area contributed by atoms with Crippen molar-refractivity contribution in [2.24, 2.45) is 11.7 Å². The summed E-state index contributed by atoms with van der Waals surface area (Å²) in [5.74, 6) is 1.02. The summed E-state index contributed by atoms with van der Waals surface area (Å²) in [7, 11) is 1.73. The molecule has 0 spiro atoms. The van der Waals surface area contributed by atoms with Gasteiger partial charge in [0.25, 0.3) is 0 Å². The Bertz CT molecular complexity index is 949. The Morgan fingerprint density at radius 1 is 1.15 bits per heavy atom. The third-order valence-corrected chi connectivity index (χ3v) is 4.86. The lowest BCUT2D eigenvalue weighted by Crippen LogP contribution is -2.05. The topological polar surface area (TPSA) is 70.5 Å². The van der Waals surface area contributed by atoms with Crippen LogP contribution >= 0.6 is 17.0 Å². The minimum atomic E-state index is -0.345. The molecule has 0 aliphatic heterocycles. The van der Waals surface area contributed by atoms with Crippen molar-refractivity contribution in [2.75, 3.05) is 26.9 Å². The quantitative estimate of drug-likeness (QED) is 0.344. The van der Waals surface area contributed by atoms with Gasteiger partial charge >= 0.3 is 0 Å². The third kappa shape index (κ3) is 9.66. The molecule has 0 radical (unpaired) electrons. The molecule has 0 saturated heterocycles. The summed E-state index contributed by atoms with van der Waals surface area (Å²) < 4.78 is 30.4. The zero-order valence-electron chi connectivity index (χ0n) is 20.0. The van der Waals surface area contributed by atoms with Crippen molar-refractivity contribution in [3.8, 4) is 17.2 Å². The molecule has 0 amide bonds. The molecule has 7 heteroatoms. The Morgan fingerprint density at radius 3 is 2.58 bits per heavy atom. The smallest absolute Gasteiger partial charge is 0.226 e. The van der Waals surface area contributed by atoms with Crippen molar-refractivity contribution >= 4 is 17.0 Å². The van der Waals surface area contributed by atoms with Crippen LogP contribution in [0.1, 0.15) is 37.1 Å². The number of hydrogen-bond donors (Lipinski definition) is 1. The Kier molecular flexibility index (Phi) is 13.6. The molecule has 1 unspecified atom stereocenters. The fourth-order valence-corrected chi connectivity index (χ4v) is 3.25. The van der Waals surface area contributed by atoms with Crippen LogP contribution in [0.2, 0.25) is 0 Å². The number of oxazole rings is 1. The van der Waals surface area contributed by atoms with Crippen LogP contribution in [-0.4, -0.2) is 31.9 Å². The van der Waals surface area contributed by atoms with E-state index in [-0.39, 0.29) is 28.5 Å². The van der Waals surface area contributed by atoms with Gasteiger partial charge in [-0.25, -0.2) is 9.37 Å². The average molecular weight is 523 g/mol. The molecule has 0 aliphatic carbocycles. The number of halogens is 2. The number of aryl methyl sites for hydroxylation is 2. The number of rotatable bonds is 10. The molecular weight excluding hydrogens is 487 g/mol. The number of nitrogens with zero attached hydrogens (tertiary/aromatic N) is 1. The highest BCUT2D eigenvalue weighted by Gasteiger charge is 2.13. The molecule has 0 bridgehead atoms. The Hall–Kier alpha value is -2.22. The van der Waals surface area contributed by atoms with E-state index in [0.29, 0.717) is 24.8 Å². The zero-order valence-corrected chi connectivity index (χ0v) is 21.7. The average Bonchev–Trinajstić information content (AvgIpc) is 3.23. The monoisotopic (exact) mass is 522 g/mol. The van der Waals surface area contributed by atoms with E-state index in [4.69, 9.17) is 19.6 Å². The molecule has 0 saturated carbocycles. The van der Waals surface area contributed by atoms with Gasteiger partial charge in [-0.1, -0.05) is 38.1 Å². The van der Waals surface area contributed by atoms with Gasteiger partial charge in [0.2, 0.25) is 5.89 Å². The van der Waals surface area contributed by atoms with Crippen LogP contribution in [0.5, 0.6) is 5.75 Å². The van der Waals surface area contributed by atoms with E-state index in [9.17, 15) is 4.39 Å². The van der Waals surface area contributed by atoms with Crippen LogP contribution in [0, 0.1) is 18.7 Å². The number of ether oxygens (including phenoxy) is 2. The SMILES string of the molecule is Br.CCN.COCC(C)CCc1ccccc1-c1nc(CCOc2ccc(C)cc2F)co1. The van der Waals surface area contributed by atoms with Crippen molar-refractivity contribution in [3.63, 3.8) is 0 Å². The summed E-state index contributed by atoms with van der Waals surface area (Å²) >= 11 is 0. The highest BCUT2D eigenvalue weighted by atomic mass is 79.9. The van der Waals surface area contributed by atoms with Gasteiger partial charge < -0.3 is 19.6 Å². The lowest BCUT2D eigenvalue weighted by atomic mass is 9.98. The first kappa shape index (κ1) is 28.8. The van der Waals surface area contributed by atoms with E-state index in [0.717, 1.165) is 42.8 Å². The highest BCUT2D eigenvalue weighted by molar-refractivity contribution is 8.93. The number of methoxy groups -OCH3 is 1. The number of aromatic nitrogens is 1. The minimum Gasteiger partial charge on any atom is -0.490 e. The van der Waals surface area contributed by atoms with Gasteiger partial charge in [-0.15, -0.1) is 17.0 Å². The Labute approximate surface area is 207 Å². The number of hydrogen-bond acceptors (Lipinski definition) is 5. The van der Waals surface area contributed by atoms with Gasteiger partial charge in [0.15, 0.2) is 11.6 Å². The first-order chi connectivity index (χ1) is 15.5. The summed E-state index contributed by atoms with van der Waals surface area (Å²) in [5.41, 5.74) is 8.72. The van der Waals surface area contributed by atoms with Crippen LogP contribution < -0.4 is 10.5 Å². The molecule has 0 aliphatic rings. The van der Waals surface area contributed by atoms with Crippen LogP contribution in [0.3, 0.4) is 0 Å². The third-order valence-electron chi connectivity index (χ3n) is 4.86. The van der Waals surface area contributed by atoms with Crippen LogP contribution in [0.4, 0.5) is 4.39 Å². The molecule has 3 rings (SSSR count). The zero-order chi connectivity index (χ0) is 23.3. The maximum Gasteiger partial charge on any atom is 0.226 e. The van der Waals surface area contributed by atoms with E-state index >= 15 is 0 Å². The highest BCUT2D eigenvalue weighted by Crippen LogP contribution is 2.25. The maximum atomic E-state index is 13.9. The van der Waals surface area contributed by atoms with E-state index in [1.807, 2.05) is 38.1 Å². The second kappa shape index (κ2) is 15.6. The molecule has 33 heavy (non-hydrogen) atoms.